The quantitative estimate of drug-likeness (QED) is 0.0489. The lowest BCUT2D eigenvalue weighted by Crippen LogP contribution is -2.40. The molecule has 4 atom stereocenters. The van der Waals surface area contributed by atoms with Gasteiger partial charge >= 0.3 is 0 Å². The van der Waals surface area contributed by atoms with Crippen molar-refractivity contribution in [2.45, 2.75) is 198 Å². The minimum absolute atomic E-state index is 0.147. The molecule has 16 heterocycles. The average molecular weight is 2060 g/mol. The number of rotatable bonds is 22. The lowest BCUT2D eigenvalue weighted by Gasteiger charge is -2.35. The number of hydrogen-bond donors (Lipinski definition) is 4. The van der Waals surface area contributed by atoms with E-state index in [0.717, 1.165) is 252 Å². The fourth-order valence-electron chi connectivity index (χ4n) is 20.4. The van der Waals surface area contributed by atoms with Gasteiger partial charge in [-0.25, -0.2) is 49.7 Å². The molecule has 3 aliphatic carbocycles. The Balaban J connectivity index is 0.000000117. The molecule has 36 nitrogen and oxygen atoms in total. The molecule has 8 aliphatic heterocycles. The summed E-state index contributed by atoms with van der Waals surface area (Å²) in [6.45, 7) is 16.6. The summed E-state index contributed by atoms with van der Waals surface area (Å²) in [5.74, 6) is 4.61. The Bertz CT molecular complexity index is 7100. The molecule has 8 aromatic heterocycles. The van der Waals surface area contributed by atoms with Gasteiger partial charge < -0.3 is 49.3 Å². The smallest absolute Gasteiger partial charge is 0.256 e. The van der Waals surface area contributed by atoms with Crippen molar-refractivity contribution in [2.75, 3.05) is 150 Å². The molecule has 12 aromatic rings. The Kier molecular flexibility index (Phi) is 28.1. The number of piperidine rings is 4. The number of benzene rings is 4. The van der Waals surface area contributed by atoms with E-state index in [2.05, 4.69) is 63.3 Å². The fourth-order valence-corrected chi connectivity index (χ4v) is 22.7. The van der Waals surface area contributed by atoms with Crippen LogP contribution < -0.4 is 39.1 Å². The Hall–Kier alpha value is -12.0. The number of fused-ring (bicyclic) bond motifs is 4. The molecule has 3 saturated carbocycles. The van der Waals surface area contributed by atoms with Crippen LogP contribution in [0.25, 0.3) is 22.6 Å². The van der Waals surface area contributed by atoms with Crippen LogP contribution >= 0.6 is 34.8 Å². The highest BCUT2D eigenvalue weighted by atomic mass is 35.5. The maximum absolute atomic E-state index is 13.9. The summed E-state index contributed by atoms with van der Waals surface area (Å²) in [4.78, 5) is 103. The average Bonchev–Trinajstić information content (AvgIpc) is 1.60. The van der Waals surface area contributed by atoms with E-state index in [1.807, 2.05) is 66.0 Å². The number of nitrogens with zero attached hydrogens (tertiary/aromatic N) is 20. The second-order valence-corrected chi connectivity index (χ2v) is 46.2. The van der Waals surface area contributed by atoms with E-state index in [9.17, 15) is 49.2 Å². The van der Waals surface area contributed by atoms with Crippen LogP contribution in [0.2, 0.25) is 15.1 Å². The SMILES string of the molecule is CC(=O)Nc1ccc(Cl)cc1C(=O)N1CCCC[C@H]1c1cc2nc(C3CC3)cc(C)n2n1.CS(=O)(=O)Nc1ccc(Cl)cc1C(=O)N1CCCC[C@H]1c1cc2nc(C3CC3)cc(N3CCC3)n2n1.CS(=O)(=O)Nc1ccc(Cl)cc1C(=O)N1CCCC[C@H]1c1cc2nc(N3CCC3)cc(N3CCOCC3)n2n1.Cc1ccc(NS(C)(=O)=O)c(C(=O)N2CCCC[C@H]2c2cc3nc(C4CC4)cc(N4CCC4)n3n2)c1. The molecule has 0 spiro atoms. The number of aromatic nitrogens is 12. The molecule has 11 aliphatic rings. The van der Waals surface area contributed by atoms with Crippen molar-refractivity contribution in [3.63, 3.8) is 0 Å². The van der Waals surface area contributed by atoms with Crippen LogP contribution in [-0.4, -0.2) is 243 Å². The maximum Gasteiger partial charge on any atom is 0.256 e. The number of anilines is 8. The van der Waals surface area contributed by atoms with Gasteiger partial charge in [0.15, 0.2) is 22.6 Å². The van der Waals surface area contributed by atoms with Gasteiger partial charge in [-0.2, -0.15) is 33.9 Å². The summed E-state index contributed by atoms with van der Waals surface area (Å²) in [6, 6.07) is 35.2. The third-order valence-corrected chi connectivity index (χ3v) is 31.0. The van der Waals surface area contributed by atoms with Crippen LogP contribution in [0.4, 0.5) is 46.0 Å². The first-order valence-electron chi connectivity index (χ1n) is 49.8. The summed E-state index contributed by atoms with van der Waals surface area (Å²) >= 11 is 18.6. The van der Waals surface area contributed by atoms with E-state index in [1.165, 1.54) is 82.6 Å². The molecule has 0 unspecified atom stereocenters. The number of nitrogens with one attached hydrogen (secondary N) is 4. The monoisotopic (exact) mass is 2060 g/mol. The summed E-state index contributed by atoms with van der Waals surface area (Å²) in [5, 5.41) is 23.7. The van der Waals surface area contributed by atoms with Gasteiger partial charge in [0.25, 0.3) is 23.6 Å². The molecular weight excluding hydrogens is 1940 g/mol. The number of halogens is 3. The first-order valence-corrected chi connectivity index (χ1v) is 56.6. The summed E-state index contributed by atoms with van der Waals surface area (Å²) in [7, 11) is -10.7. The third kappa shape index (κ3) is 22.2. The van der Waals surface area contributed by atoms with E-state index in [1.54, 1.807) is 58.3 Å². The molecule has 143 heavy (non-hydrogen) atoms. The standard InChI is InChI=1S/C26H32ClN7O4S.C26H32N6O3S.C25H29ClN6O3S.C24H26ClN5O2/c1-39(36,37)30-20-7-6-18(27)15-19(20)26(35)33-10-3-2-5-22(33)21-16-24-28-23(31-8-4-9-31)17-25(34(24)29-21)32-11-13-38-14-12-32;1-17-7-10-20(29-36(2,34)35)19(14-17)26(33)31-13-4-3-6-23(31)22-15-24-27-21(18-8-9-18)16-25(32(24)28-22)30-11-5-12-30;1-36(34,35)29-19-9-8-17(26)13-18(19)25(33)31-12-3-2-5-22(31)21-14-23-27-20(16-6-7-16)15-24(32(23)28-21)30-10-4-11-30;1-14-11-20(16-6-7-16)27-23-13-21(28-30(14)23)22-5-3-4-10-29(22)24(32)18-12-17(25)8-9-19(18)26-15(2)31/h6-7,15-17,22,30H,2-5,8-14H2,1H3;7,10,14-16,18,23,29H,3-6,8-9,11-13H2,1-2H3;8-9,13-16,22,29H,2-7,10-12H2,1H3;8-9,11-13,16,22H,3-7,10H2,1-2H3,(H,26,31)/t22-;23-;2*22-/m0000/s1. The molecule has 5 amide bonds. The number of morpholine rings is 1. The van der Waals surface area contributed by atoms with Gasteiger partial charge in [-0.3, -0.25) is 38.1 Å². The van der Waals surface area contributed by atoms with Crippen molar-refractivity contribution in [3.8, 4) is 0 Å². The predicted molar refractivity (Wildman–Crippen MR) is 552 cm³/mol. The molecule has 754 valence electrons. The Morgan fingerprint density at radius 2 is 0.643 bits per heavy atom. The van der Waals surface area contributed by atoms with Crippen molar-refractivity contribution >= 4 is 163 Å². The van der Waals surface area contributed by atoms with Crippen molar-refractivity contribution in [1.82, 2.24) is 78.0 Å². The highest BCUT2D eigenvalue weighted by molar-refractivity contribution is 7.92. The van der Waals surface area contributed by atoms with Crippen LogP contribution in [0, 0.1) is 13.8 Å². The van der Waals surface area contributed by atoms with E-state index >= 15 is 0 Å². The van der Waals surface area contributed by atoms with Gasteiger partial charge in [-0.15, -0.1) is 0 Å². The molecule has 4 N–H and O–H groups in total. The molecule has 0 bridgehead atoms. The number of aryl methyl sites for hydroxylation is 2. The van der Waals surface area contributed by atoms with Crippen LogP contribution in [0.1, 0.15) is 276 Å². The molecule has 42 heteroatoms. The topological polar surface area (TPSA) is 392 Å². The van der Waals surface area contributed by atoms with Crippen molar-refractivity contribution in [1.29, 1.82) is 0 Å². The molecule has 0 radical (unpaired) electrons. The molecule has 11 fully saturated rings. The predicted octanol–water partition coefficient (Wildman–Crippen LogP) is 16.1. The summed E-state index contributed by atoms with van der Waals surface area (Å²) < 4.78 is 92.4. The van der Waals surface area contributed by atoms with Gasteiger partial charge in [-0.05, 0) is 221 Å². The fraction of sp³-hybridized carbons (Fsp3) is 0.475. The van der Waals surface area contributed by atoms with Gasteiger partial charge in [0.2, 0.25) is 36.0 Å². The van der Waals surface area contributed by atoms with Crippen LogP contribution in [0.5, 0.6) is 0 Å². The molecule has 8 saturated heterocycles. The zero-order valence-corrected chi connectivity index (χ0v) is 85.8. The van der Waals surface area contributed by atoms with Gasteiger partial charge in [0.1, 0.15) is 23.3 Å². The number of ether oxygens (including phenoxy) is 1. The summed E-state index contributed by atoms with van der Waals surface area (Å²) in [6.07, 6.45) is 24.5. The van der Waals surface area contributed by atoms with E-state index in [0.29, 0.717) is 94.7 Å². The van der Waals surface area contributed by atoms with Gasteiger partial charge in [0.05, 0.1) is 124 Å². The molecule has 23 rings (SSSR count). The van der Waals surface area contributed by atoms with E-state index in [4.69, 9.17) is 79.9 Å². The first-order chi connectivity index (χ1) is 68.7. The Morgan fingerprint density at radius 3 is 0.993 bits per heavy atom. The second-order valence-electron chi connectivity index (χ2n) is 39.6. The van der Waals surface area contributed by atoms with Gasteiger partial charge in [-0.1, -0.05) is 46.4 Å². The van der Waals surface area contributed by atoms with Crippen molar-refractivity contribution in [3.05, 3.63) is 210 Å². The zero-order valence-electron chi connectivity index (χ0n) is 81.0. The minimum Gasteiger partial charge on any atom is -0.378 e. The lowest BCUT2D eigenvalue weighted by atomic mass is 9.97. The van der Waals surface area contributed by atoms with Crippen LogP contribution in [-0.2, 0) is 39.6 Å². The minimum atomic E-state index is -3.59. The van der Waals surface area contributed by atoms with Crippen molar-refractivity contribution < 1.29 is 54.0 Å². The number of amides is 5. The Morgan fingerprint density at radius 1 is 0.329 bits per heavy atom. The number of carbonyl (C=O) groups is 5. The zero-order chi connectivity index (χ0) is 99.6. The number of hydrogen-bond acceptors (Lipinski definition) is 24. The highest BCUT2D eigenvalue weighted by Gasteiger charge is 2.41. The first kappa shape index (κ1) is 98.4. The lowest BCUT2D eigenvalue weighted by molar-refractivity contribution is -0.114. The molecular formula is C101H119Cl3N24O12S3. The second kappa shape index (κ2) is 40.9. The number of sulfonamides is 3. The van der Waals surface area contributed by atoms with Gasteiger partial charge in [0, 0.05) is 184 Å². The van der Waals surface area contributed by atoms with E-state index in [-0.39, 0.29) is 76.2 Å². The summed E-state index contributed by atoms with van der Waals surface area (Å²) in [5.41, 5.74) is 14.3. The Labute approximate surface area is 846 Å². The van der Waals surface area contributed by atoms with Crippen LogP contribution in [0.3, 0.4) is 0 Å². The normalized spacial score (nSPS) is 20.0. The number of carbonyl (C=O) groups excluding carboxylic acids is 5. The highest BCUT2D eigenvalue weighted by Crippen LogP contribution is 2.47. The largest absolute Gasteiger partial charge is 0.378 e. The van der Waals surface area contributed by atoms with Crippen LogP contribution in [0.15, 0.2) is 121 Å². The maximum atomic E-state index is 13.9. The van der Waals surface area contributed by atoms with E-state index < -0.39 is 30.1 Å². The number of likely N-dealkylation sites (tertiary alicyclic amines) is 4. The van der Waals surface area contributed by atoms with Crippen molar-refractivity contribution in [2.24, 2.45) is 0 Å². The third-order valence-electron chi connectivity index (χ3n) is 28.5. The molecule has 4 aromatic carbocycles.